The van der Waals surface area contributed by atoms with Gasteiger partial charge in [0.2, 0.25) is 5.91 Å². The highest BCUT2D eigenvalue weighted by molar-refractivity contribution is 5.95. The fourth-order valence-corrected chi connectivity index (χ4v) is 2.33. The normalized spacial score (nSPS) is 21.4. The smallest absolute Gasteiger partial charge is 0.416 e. The first kappa shape index (κ1) is 16.3. The van der Waals surface area contributed by atoms with Crippen molar-refractivity contribution < 1.29 is 14.3 Å². The number of carbonyl (C=O) groups excluding carboxylic acids is 2. The zero-order valence-electron chi connectivity index (χ0n) is 12.4. The molecule has 1 rings (SSSR count). The van der Waals surface area contributed by atoms with Gasteiger partial charge < -0.3 is 4.74 Å². The molecule has 7 nitrogen and oxygen atoms in total. The zero-order valence-corrected chi connectivity index (χ0v) is 12.4. The fourth-order valence-electron chi connectivity index (χ4n) is 2.33. The van der Waals surface area contributed by atoms with Crippen molar-refractivity contribution >= 4 is 12.0 Å². The molecule has 1 aliphatic heterocycles. The number of rotatable bonds is 6. The maximum Gasteiger partial charge on any atom is 0.416 e. The van der Waals surface area contributed by atoms with Crippen molar-refractivity contribution in [3.63, 3.8) is 0 Å². The number of carbonyl (C=O) groups is 2. The van der Waals surface area contributed by atoms with Crippen LogP contribution in [0.25, 0.3) is 10.4 Å². The highest BCUT2D eigenvalue weighted by Gasteiger charge is 2.42. The fraction of sp³-hybridized carbons (Fsp3) is 0.846. The molecule has 7 heteroatoms. The lowest BCUT2D eigenvalue weighted by Crippen LogP contribution is -2.46. The number of hydrogen-bond acceptors (Lipinski definition) is 4. The van der Waals surface area contributed by atoms with Crippen LogP contribution in [0.1, 0.15) is 40.5 Å². The Labute approximate surface area is 118 Å². The highest BCUT2D eigenvalue weighted by atomic mass is 16.6. The van der Waals surface area contributed by atoms with E-state index in [1.807, 2.05) is 20.8 Å². The molecule has 0 saturated carbocycles. The summed E-state index contributed by atoms with van der Waals surface area (Å²) < 4.78 is 4.97. The summed E-state index contributed by atoms with van der Waals surface area (Å²) in [5, 5.41) is 3.68. The average Bonchev–Trinajstić information content (AvgIpc) is 2.79. The van der Waals surface area contributed by atoms with E-state index in [0.717, 1.165) is 6.42 Å². The standard InChI is InChI=1S/C13H22N4O3/c1-5-6-10(15-16-14)9(4)12(18)17-11(8(2)3)7-20-13(17)19/h8-11H,5-7H2,1-4H3/t9-,10+,11+/m0/s1. The Morgan fingerprint density at radius 2 is 2.20 bits per heavy atom. The quantitative estimate of drug-likeness (QED) is 0.425. The van der Waals surface area contributed by atoms with Crippen LogP contribution in [-0.4, -0.2) is 35.6 Å². The van der Waals surface area contributed by atoms with Gasteiger partial charge in [-0.15, -0.1) is 0 Å². The molecule has 3 atom stereocenters. The zero-order chi connectivity index (χ0) is 15.3. The molecule has 1 fully saturated rings. The van der Waals surface area contributed by atoms with E-state index in [-0.39, 0.29) is 24.5 Å². The van der Waals surface area contributed by atoms with Crippen molar-refractivity contribution in [1.29, 1.82) is 0 Å². The van der Waals surface area contributed by atoms with E-state index in [1.54, 1.807) is 6.92 Å². The second-order valence-electron chi connectivity index (χ2n) is 5.45. The molecule has 0 bridgehead atoms. The average molecular weight is 282 g/mol. The first-order valence-electron chi connectivity index (χ1n) is 6.98. The number of cyclic esters (lactones) is 1. The predicted molar refractivity (Wildman–Crippen MR) is 73.8 cm³/mol. The summed E-state index contributed by atoms with van der Waals surface area (Å²) in [6, 6.07) is -0.676. The molecule has 0 radical (unpaired) electrons. The van der Waals surface area contributed by atoms with Gasteiger partial charge in [0, 0.05) is 16.9 Å². The summed E-state index contributed by atoms with van der Waals surface area (Å²) in [6.07, 6.45) is 0.822. The van der Waals surface area contributed by atoms with E-state index in [1.165, 1.54) is 4.90 Å². The minimum atomic E-state index is -0.600. The second-order valence-corrected chi connectivity index (χ2v) is 5.45. The van der Waals surface area contributed by atoms with Gasteiger partial charge in [0.05, 0.1) is 6.04 Å². The van der Waals surface area contributed by atoms with Crippen molar-refractivity contribution in [2.45, 2.75) is 52.6 Å². The SMILES string of the molecule is CCC[C@@H](N=[N+]=[N-])[C@H](C)C(=O)N1C(=O)OC[C@@H]1C(C)C. The lowest BCUT2D eigenvalue weighted by molar-refractivity contribution is -0.134. The molecule has 1 aliphatic rings. The Bertz CT molecular complexity index is 418. The van der Waals surface area contributed by atoms with Crippen LogP contribution >= 0.6 is 0 Å². The Balaban J connectivity index is 2.90. The van der Waals surface area contributed by atoms with Gasteiger partial charge in [0.1, 0.15) is 6.61 Å². The summed E-state index contributed by atoms with van der Waals surface area (Å²) >= 11 is 0. The largest absolute Gasteiger partial charge is 0.447 e. The predicted octanol–water partition coefficient (Wildman–Crippen LogP) is 3.10. The van der Waals surface area contributed by atoms with Gasteiger partial charge in [-0.3, -0.25) is 4.79 Å². The molecule has 20 heavy (non-hydrogen) atoms. The molecule has 2 amide bonds. The minimum Gasteiger partial charge on any atom is -0.447 e. The topological polar surface area (TPSA) is 95.4 Å². The minimum absolute atomic E-state index is 0.127. The van der Waals surface area contributed by atoms with Crippen molar-refractivity contribution in [2.75, 3.05) is 6.61 Å². The molecule has 0 aromatic carbocycles. The van der Waals surface area contributed by atoms with Gasteiger partial charge in [-0.25, -0.2) is 9.69 Å². The van der Waals surface area contributed by atoms with Crippen LogP contribution in [0.2, 0.25) is 0 Å². The van der Waals surface area contributed by atoms with Crippen LogP contribution in [0.4, 0.5) is 4.79 Å². The van der Waals surface area contributed by atoms with Crippen LogP contribution in [0.3, 0.4) is 0 Å². The van der Waals surface area contributed by atoms with Crippen molar-refractivity contribution in [2.24, 2.45) is 17.0 Å². The second kappa shape index (κ2) is 7.14. The van der Waals surface area contributed by atoms with E-state index in [0.29, 0.717) is 6.42 Å². The number of imide groups is 1. The van der Waals surface area contributed by atoms with Gasteiger partial charge in [-0.1, -0.05) is 39.2 Å². The third kappa shape index (κ3) is 3.42. The summed E-state index contributed by atoms with van der Waals surface area (Å²) in [5.41, 5.74) is 8.59. The van der Waals surface area contributed by atoms with Crippen molar-refractivity contribution in [3.8, 4) is 0 Å². The number of hydrogen-bond donors (Lipinski definition) is 0. The number of ether oxygens (including phenoxy) is 1. The molecular formula is C13H22N4O3. The summed E-state index contributed by atoms with van der Waals surface area (Å²) in [4.78, 5) is 28.2. The number of azide groups is 1. The Kier molecular flexibility index (Phi) is 5.82. The Morgan fingerprint density at radius 3 is 2.70 bits per heavy atom. The lowest BCUT2D eigenvalue weighted by Gasteiger charge is -2.27. The highest BCUT2D eigenvalue weighted by Crippen LogP contribution is 2.24. The van der Waals surface area contributed by atoms with Crippen LogP contribution < -0.4 is 0 Å². The summed E-state index contributed by atoms with van der Waals surface area (Å²) in [5.74, 6) is -0.725. The first-order valence-corrected chi connectivity index (χ1v) is 6.98. The van der Waals surface area contributed by atoms with Crippen molar-refractivity contribution in [3.05, 3.63) is 10.4 Å². The molecule has 0 unspecified atom stereocenters. The van der Waals surface area contributed by atoms with Gasteiger partial charge in [0.25, 0.3) is 0 Å². The van der Waals surface area contributed by atoms with Gasteiger partial charge in [-0.2, -0.15) is 0 Å². The van der Waals surface area contributed by atoms with E-state index < -0.39 is 18.1 Å². The molecule has 0 aliphatic carbocycles. The molecule has 0 spiro atoms. The molecule has 112 valence electrons. The molecular weight excluding hydrogens is 260 g/mol. The third-order valence-corrected chi connectivity index (χ3v) is 3.66. The summed E-state index contributed by atoms with van der Waals surface area (Å²) in [7, 11) is 0. The van der Waals surface area contributed by atoms with Crippen LogP contribution in [0, 0.1) is 11.8 Å². The number of nitrogens with zero attached hydrogens (tertiary/aromatic N) is 4. The molecule has 0 N–H and O–H groups in total. The molecule has 1 saturated heterocycles. The van der Waals surface area contributed by atoms with E-state index in [9.17, 15) is 9.59 Å². The molecule has 0 aromatic rings. The summed E-state index contributed by atoms with van der Waals surface area (Å²) in [6.45, 7) is 7.76. The van der Waals surface area contributed by atoms with Gasteiger partial charge in [0.15, 0.2) is 0 Å². The maximum atomic E-state index is 12.5. The van der Waals surface area contributed by atoms with Gasteiger partial charge in [-0.05, 0) is 17.9 Å². The van der Waals surface area contributed by atoms with E-state index in [4.69, 9.17) is 10.3 Å². The Hall–Kier alpha value is -1.75. The lowest BCUT2D eigenvalue weighted by atomic mass is 9.95. The van der Waals surface area contributed by atoms with E-state index >= 15 is 0 Å². The first-order chi connectivity index (χ1) is 9.43. The third-order valence-electron chi connectivity index (χ3n) is 3.66. The van der Waals surface area contributed by atoms with Crippen molar-refractivity contribution in [1.82, 2.24) is 4.90 Å². The van der Waals surface area contributed by atoms with Crippen LogP contribution in [-0.2, 0) is 9.53 Å². The van der Waals surface area contributed by atoms with Gasteiger partial charge >= 0.3 is 6.09 Å². The number of amides is 2. The maximum absolute atomic E-state index is 12.5. The molecule has 1 heterocycles. The van der Waals surface area contributed by atoms with Crippen LogP contribution in [0.5, 0.6) is 0 Å². The Morgan fingerprint density at radius 1 is 1.55 bits per heavy atom. The molecule has 0 aromatic heterocycles. The van der Waals surface area contributed by atoms with E-state index in [2.05, 4.69) is 10.0 Å². The van der Waals surface area contributed by atoms with Crippen LogP contribution in [0.15, 0.2) is 5.11 Å². The monoisotopic (exact) mass is 282 g/mol.